The second kappa shape index (κ2) is 7.93. The second-order valence-electron chi connectivity index (χ2n) is 6.52. The van der Waals surface area contributed by atoms with Crippen LogP contribution in [-0.2, 0) is 11.3 Å². The highest BCUT2D eigenvalue weighted by atomic mass is 32.1. The van der Waals surface area contributed by atoms with E-state index in [1.807, 2.05) is 32.2 Å². The van der Waals surface area contributed by atoms with Crippen molar-refractivity contribution in [1.29, 1.82) is 0 Å². The lowest BCUT2D eigenvalue weighted by Gasteiger charge is -2.32. The molecule has 1 N–H and O–H groups in total. The molecule has 3 heterocycles. The van der Waals surface area contributed by atoms with Gasteiger partial charge in [-0.05, 0) is 33.2 Å². The molecule has 1 saturated heterocycles. The maximum Gasteiger partial charge on any atom is 0.223 e. The van der Waals surface area contributed by atoms with Gasteiger partial charge < -0.3 is 10.1 Å². The largest absolute Gasteiger partial charge is 0.489 e. The number of nitrogens with one attached hydrogen (secondary N) is 1. The van der Waals surface area contributed by atoms with E-state index >= 15 is 0 Å². The Bertz CT molecular complexity index is 726. The fourth-order valence-corrected chi connectivity index (χ4v) is 4.02. The molecule has 1 aliphatic rings. The fraction of sp³-hybridized carbons (Fsp3) is 0.500. The summed E-state index contributed by atoms with van der Waals surface area (Å²) in [7, 11) is 0. The third kappa shape index (κ3) is 5.24. The summed E-state index contributed by atoms with van der Waals surface area (Å²) >= 11 is 1.53. The summed E-state index contributed by atoms with van der Waals surface area (Å²) in [5.41, 5.74) is 1.97. The molecule has 0 aliphatic carbocycles. The molecule has 3 rings (SSSR count). The topological polar surface area (TPSA) is 67.4 Å². The molecule has 6 nitrogen and oxygen atoms in total. The maximum absolute atomic E-state index is 11.1. The summed E-state index contributed by atoms with van der Waals surface area (Å²) in [6.45, 7) is 8.27. The molecule has 0 saturated carbocycles. The molecule has 1 atom stereocenters. The van der Waals surface area contributed by atoms with E-state index in [0.29, 0.717) is 5.13 Å². The summed E-state index contributed by atoms with van der Waals surface area (Å²) in [5.74, 6) is 0.817. The van der Waals surface area contributed by atoms with E-state index in [2.05, 4.69) is 20.2 Å². The van der Waals surface area contributed by atoms with Gasteiger partial charge in [0, 0.05) is 54.6 Å². The average molecular weight is 360 g/mol. The first-order valence-corrected chi connectivity index (χ1v) is 9.36. The van der Waals surface area contributed by atoms with E-state index in [-0.39, 0.29) is 12.0 Å². The van der Waals surface area contributed by atoms with Crippen LogP contribution in [0.1, 0.15) is 36.0 Å². The molecule has 134 valence electrons. The standard InChI is InChI=1S/C18H24N4O2S/c1-12-7-16(8-13(2)20-12)24-15-5-4-6-22(10-15)11-17-9-19-18(25-17)21-14(3)23/h7-9,15H,4-6,10-11H2,1-3H3,(H,19,21,23)/t15-/m0/s1. The number of amides is 1. The zero-order chi connectivity index (χ0) is 17.8. The van der Waals surface area contributed by atoms with Gasteiger partial charge >= 0.3 is 0 Å². The van der Waals surface area contributed by atoms with E-state index in [1.165, 1.54) is 18.3 Å². The van der Waals surface area contributed by atoms with Crippen LogP contribution in [0.25, 0.3) is 0 Å². The van der Waals surface area contributed by atoms with Crippen molar-refractivity contribution < 1.29 is 9.53 Å². The number of ether oxygens (including phenoxy) is 1. The number of pyridine rings is 1. The number of hydrogen-bond acceptors (Lipinski definition) is 6. The molecule has 1 amide bonds. The monoisotopic (exact) mass is 360 g/mol. The van der Waals surface area contributed by atoms with Crippen molar-refractivity contribution >= 4 is 22.4 Å². The van der Waals surface area contributed by atoms with Crippen LogP contribution in [0, 0.1) is 13.8 Å². The summed E-state index contributed by atoms with van der Waals surface area (Å²) < 4.78 is 6.19. The van der Waals surface area contributed by atoms with E-state index in [0.717, 1.165) is 54.5 Å². The third-order valence-electron chi connectivity index (χ3n) is 4.04. The van der Waals surface area contributed by atoms with Crippen molar-refractivity contribution in [2.45, 2.75) is 46.3 Å². The number of rotatable bonds is 5. The number of hydrogen-bond donors (Lipinski definition) is 1. The van der Waals surface area contributed by atoms with Crippen LogP contribution < -0.4 is 10.1 Å². The molecule has 0 spiro atoms. The third-order valence-corrected chi connectivity index (χ3v) is 4.93. The van der Waals surface area contributed by atoms with Crippen LogP contribution in [0.2, 0.25) is 0 Å². The van der Waals surface area contributed by atoms with Crippen molar-refractivity contribution in [3.63, 3.8) is 0 Å². The van der Waals surface area contributed by atoms with E-state index < -0.39 is 0 Å². The molecule has 0 radical (unpaired) electrons. The lowest BCUT2D eigenvalue weighted by molar-refractivity contribution is -0.114. The normalized spacial score (nSPS) is 18.1. The highest BCUT2D eigenvalue weighted by molar-refractivity contribution is 7.15. The van der Waals surface area contributed by atoms with Gasteiger partial charge in [0.05, 0.1) is 0 Å². The second-order valence-corrected chi connectivity index (χ2v) is 7.63. The van der Waals surface area contributed by atoms with Crippen LogP contribution in [0.15, 0.2) is 18.3 Å². The summed E-state index contributed by atoms with van der Waals surface area (Å²) in [5, 5.41) is 3.40. The average Bonchev–Trinajstić information content (AvgIpc) is 2.92. The Morgan fingerprint density at radius 2 is 2.16 bits per heavy atom. The first-order valence-electron chi connectivity index (χ1n) is 8.54. The quantitative estimate of drug-likeness (QED) is 0.887. The number of nitrogens with zero attached hydrogens (tertiary/aromatic N) is 3. The van der Waals surface area contributed by atoms with Crippen molar-refractivity contribution in [1.82, 2.24) is 14.9 Å². The molecule has 1 fully saturated rings. The van der Waals surface area contributed by atoms with Gasteiger partial charge in [-0.15, -0.1) is 11.3 Å². The van der Waals surface area contributed by atoms with Crippen LogP contribution in [-0.4, -0.2) is 40.0 Å². The molecule has 2 aromatic rings. The van der Waals surface area contributed by atoms with Gasteiger partial charge in [0.25, 0.3) is 0 Å². The highest BCUT2D eigenvalue weighted by Crippen LogP contribution is 2.24. The van der Waals surface area contributed by atoms with Gasteiger partial charge in [-0.3, -0.25) is 14.7 Å². The van der Waals surface area contributed by atoms with Crippen molar-refractivity contribution in [3.8, 4) is 5.75 Å². The minimum atomic E-state index is -0.0877. The Hall–Kier alpha value is -1.99. The molecular formula is C18H24N4O2S. The number of likely N-dealkylation sites (tertiary alicyclic amines) is 1. The van der Waals surface area contributed by atoms with Crippen LogP contribution in [0.3, 0.4) is 0 Å². The van der Waals surface area contributed by atoms with Crippen LogP contribution >= 0.6 is 11.3 Å². The number of aromatic nitrogens is 2. The molecule has 25 heavy (non-hydrogen) atoms. The first kappa shape index (κ1) is 17.8. The van der Waals surface area contributed by atoms with E-state index in [1.54, 1.807) is 0 Å². The molecule has 0 aromatic carbocycles. The van der Waals surface area contributed by atoms with Gasteiger partial charge in [0.1, 0.15) is 11.9 Å². The molecule has 1 aliphatic heterocycles. The highest BCUT2D eigenvalue weighted by Gasteiger charge is 2.22. The summed E-state index contributed by atoms with van der Waals surface area (Å²) in [4.78, 5) is 23.3. The van der Waals surface area contributed by atoms with Gasteiger partial charge in [-0.1, -0.05) is 0 Å². The Balaban J connectivity index is 1.57. The lowest BCUT2D eigenvalue weighted by atomic mass is 10.1. The number of thiazole rings is 1. The van der Waals surface area contributed by atoms with Gasteiger partial charge in [-0.25, -0.2) is 4.98 Å². The zero-order valence-corrected chi connectivity index (χ0v) is 15.7. The van der Waals surface area contributed by atoms with Crippen molar-refractivity contribution in [3.05, 3.63) is 34.6 Å². The SMILES string of the molecule is CC(=O)Nc1ncc(CN2CCC[C@H](Oc3cc(C)nc(C)c3)C2)s1. The van der Waals surface area contributed by atoms with Crippen molar-refractivity contribution in [2.75, 3.05) is 18.4 Å². The predicted molar refractivity (Wildman–Crippen MR) is 99.1 cm³/mol. The number of piperidine rings is 1. The lowest BCUT2D eigenvalue weighted by Crippen LogP contribution is -2.40. The maximum atomic E-state index is 11.1. The van der Waals surface area contributed by atoms with Gasteiger partial charge in [0.15, 0.2) is 5.13 Å². The summed E-state index contributed by atoms with van der Waals surface area (Å²) in [6, 6.07) is 3.99. The van der Waals surface area contributed by atoms with Gasteiger partial charge in [-0.2, -0.15) is 0 Å². The summed E-state index contributed by atoms with van der Waals surface area (Å²) in [6.07, 6.45) is 4.22. The zero-order valence-electron chi connectivity index (χ0n) is 14.9. The number of aryl methyl sites for hydroxylation is 2. The molecule has 2 aromatic heterocycles. The molecular weight excluding hydrogens is 336 g/mol. The Kier molecular flexibility index (Phi) is 5.65. The first-order chi connectivity index (χ1) is 12.0. The Morgan fingerprint density at radius 1 is 1.40 bits per heavy atom. The van der Waals surface area contributed by atoms with Gasteiger partial charge in [0.2, 0.25) is 5.91 Å². The molecule has 7 heteroatoms. The molecule has 0 bridgehead atoms. The minimum Gasteiger partial charge on any atom is -0.489 e. The minimum absolute atomic E-state index is 0.0877. The fourth-order valence-electron chi connectivity index (χ4n) is 3.12. The van der Waals surface area contributed by atoms with E-state index in [9.17, 15) is 4.79 Å². The molecule has 0 unspecified atom stereocenters. The smallest absolute Gasteiger partial charge is 0.223 e. The number of carbonyl (C=O) groups excluding carboxylic acids is 1. The Morgan fingerprint density at radius 3 is 2.88 bits per heavy atom. The number of anilines is 1. The number of carbonyl (C=O) groups is 1. The Labute approximate surface area is 152 Å². The van der Waals surface area contributed by atoms with Crippen LogP contribution in [0.4, 0.5) is 5.13 Å². The van der Waals surface area contributed by atoms with E-state index in [4.69, 9.17) is 4.74 Å². The predicted octanol–water partition coefficient (Wildman–Crippen LogP) is 3.16. The van der Waals surface area contributed by atoms with Crippen molar-refractivity contribution in [2.24, 2.45) is 0 Å². The van der Waals surface area contributed by atoms with Crippen LogP contribution in [0.5, 0.6) is 5.75 Å².